The number of aldehydes is 1. The van der Waals surface area contributed by atoms with Crippen molar-refractivity contribution in [3.63, 3.8) is 0 Å². The molecular weight excluding hydrogens is 206 g/mol. The summed E-state index contributed by atoms with van der Waals surface area (Å²) in [5, 5.41) is 3.96. The largest absolute Gasteiger partial charge is 0.296 e. The molecule has 3 rings (SSSR count). The molecule has 0 aliphatic carbocycles. The fourth-order valence-electron chi connectivity index (χ4n) is 1.60. The Bertz CT molecular complexity index is 640. The van der Waals surface area contributed by atoms with Gasteiger partial charge in [-0.15, -0.1) is 0 Å². The Labute approximate surface area is 90.2 Å². The lowest BCUT2D eigenvalue weighted by Crippen LogP contribution is -2.00. The second kappa shape index (κ2) is 3.27. The molecule has 0 amide bonds. The van der Waals surface area contributed by atoms with E-state index in [1.54, 1.807) is 10.6 Å². The summed E-state index contributed by atoms with van der Waals surface area (Å²) < 4.78 is 3.18. The molecule has 0 saturated heterocycles. The number of pyridine rings is 1. The summed E-state index contributed by atoms with van der Waals surface area (Å²) in [4.78, 5) is 19.2. The lowest BCUT2D eigenvalue weighted by Gasteiger charge is -1.95. The summed E-state index contributed by atoms with van der Waals surface area (Å²) in [5.74, 6) is 0.485. The molecule has 16 heavy (non-hydrogen) atoms. The van der Waals surface area contributed by atoms with Crippen LogP contribution in [-0.2, 0) is 0 Å². The standard InChI is InChI=1S/C10H7N5O/c16-5-8-10(15-7-11-6-12-15)13-9-3-1-2-4-14(8)9/h1-7H. The van der Waals surface area contributed by atoms with Crippen molar-refractivity contribution in [2.24, 2.45) is 0 Å². The van der Waals surface area contributed by atoms with E-state index in [0.29, 0.717) is 17.2 Å². The molecule has 0 saturated carbocycles. The molecule has 3 heterocycles. The normalized spacial score (nSPS) is 10.8. The highest BCUT2D eigenvalue weighted by Crippen LogP contribution is 2.13. The van der Waals surface area contributed by atoms with Crippen LogP contribution in [0.1, 0.15) is 10.5 Å². The fourth-order valence-corrected chi connectivity index (χ4v) is 1.60. The number of aromatic nitrogens is 5. The number of nitrogens with zero attached hydrogens (tertiary/aromatic N) is 5. The van der Waals surface area contributed by atoms with Gasteiger partial charge in [0.05, 0.1) is 0 Å². The van der Waals surface area contributed by atoms with Crippen LogP contribution in [0.3, 0.4) is 0 Å². The van der Waals surface area contributed by atoms with E-state index in [9.17, 15) is 4.79 Å². The number of rotatable bonds is 2. The molecule has 0 aromatic carbocycles. The molecule has 3 aromatic heterocycles. The lowest BCUT2D eigenvalue weighted by molar-refractivity contribution is 0.111. The maximum atomic E-state index is 11.1. The molecular formula is C10H7N5O. The third-order valence-electron chi connectivity index (χ3n) is 2.29. The molecule has 0 bridgehead atoms. The molecule has 0 aliphatic heterocycles. The van der Waals surface area contributed by atoms with Gasteiger partial charge in [-0.05, 0) is 12.1 Å². The average Bonchev–Trinajstić information content (AvgIpc) is 2.95. The van der Waals surface area contributed by atoms with E-state index in [1.807, 2.05) is 18.2 Å². The first kappa shape index (κ1) is 8.78. The van der Waals surface area contributed by atoms with E-state index in [-0.39, 0.29) is 0 Å². The van der Waals surface area contributed by atoms with Crippen LogP contribution in [-0.4, -0.2) is 30.4 Å². The van der Waals surface area contributed by atoms with E-state index >= 15 is 0 Å². The van der Waals surface area contributed by atoms with Crippen LogP contribution in [0.25, 0.3) is 11.5 Å². The van der Waals surface area contributed by atoms with E-state index in [4.69, 9.17) is 0 Å². The number of carbonyl (C=O) groups excluding carboxylic acids is 1. The number of hydrogen-bond donors (Lipinski definition) is 0. The maximum absolute atomic E-state index is 11.1. The zero-order valence-corrected chi connectivity index (χ0v) is 8.19. The van der Waals surface area contributed by atoms with Crippen molar-refractivity contribution in [1.29, 1.82) is 0 Å². The van der Waals surface area contributed by atoms with Gasteiger partial charge in [0, 0.05) is 6.20 Å². The first-order valence-corrected chi connectivity index (χ1v) is 4.67. The van der Waals surface area contributed by atoms with Crippen LogP contribution < -0.4 is 0 Å². The smallest absolute Gasteiger partial charge is 0.184 e. The molecule has 3 aromatic rings. The molecule has 0 radical (unpaired) electrons. The first-order chi connectivity index (χ1) is 7.90. The van der Waals surface area contributed by atoms with Gasteiger partial charge in [0.2, 0.25) is 0 Å². The van der Waals surface area contributed by atoms with Gasteiger partial charge in [0.1, 0.15) is 24.0 Å². The highest BCUT2D eigenvalue weighted by Gasteiger charge is 2.12. The van der Waals surface area contributed by atoms with Crippen molar-refractivity contribution in [3.8, 4) is 5.82 Å². The molecule has 0 fully saturated rings. The van der Waals surface area contributed by atoms with Gasteiger partial charge in [0.25, 0.3) is 0 Å². The third-order valence-corrected chi connectivity index (χ3v) is 2.29. The van der Waals surface area contributed by atoms with Gasteiger partial charge in [-0.3, -0.25) is 9.20 Å². The Morgan fingerprint density at radius 3 is 3.00 bits per heavy atom. The van der Waals surface area contributed by atoms with E-state index < -0.39 is 0 Å². The number of carbonyl (C=O) groups is 1. The van der Waals surface area contributed by atoms with Gasteiger partial charge >= 0.3 is 0 Å². The predicted octanol–water partition coefficient (Wildman–Crippen LogP) is 0.727. The molecule has 6 nitrogen and oxygen atoms in total. The SMILES string of the molecule is O=Cc1c(-n2cncn2)nc2ccccn12. The maximum Gasteiger partial charge on any atom is 0.184 e. The minimum absolute atomic E-state index is 0.459. The van der Waals surface area contributed by atoms with Gasteiger partial charge in [-0.1, -0.05) is 6.07 Å². The molecule has 0 atom stereocenters. The Morgan fingerprint density at radius 2 is 2.25 bits per heavy atom. The molecule has 0 unspecified atom stereocenters. The monoisotopic (exact) mass is 213 g/mol. The summed E-state index contributed by atoms with van der Waals surface area (Å²) in [6.07, 6.45) is 5.46. The van der Waals surface area contributed by atoms with Gasteiger partial charge in [-0.2, -0.15) is 5.10 Å². The van der Waals surface area contributed by atoms with Crippen molar-refractivity contribution >= 4 is 11.9 Å². The van der Waals surface area contributed by atoms with Crippen LogP contribution in [0.2, 0.25) is 0 Å². The Morgan fingerprint density at radius 1 is 1.31 bits per heavy atom. The molecule has 0 aliphatic rings. The van der Waals surface area contributed by atoms with Gasteiger partial charge < -0.3 is 0 Å². The topological polar surface area (TPSA) is 65.1 Å². The minimum Gasteiger partial charge on any atom is -0.296 e. The van der Waals surface area contributed by atoms with Crippen molar-refractivity contribution in [2.45, 2.75) is 0 Å². The molecule has 0 N–H and O–H groups in total. The second-order valence-corrected chi connectivity index (χ2v) is 3.21. The summed E-state index contributed by atoms with van der Waals surface area (Å²) in [6, 6.07) is 5.53. The first-order valence-electron chi connectivity index (χ1n) is 4.67. The van der Waals surface area contributed by atoms with E-state index in [0.717, 1.165) is 6.29 Å². The van der Waals surface area contributed by atoms with Gasteiger partial charge in [-0.25, -0.2) is 14.6 Å². The third kappa shape index (κ3) is 1.13. The Hall–Kier alpha value is -2.50. The van der Waals surface area contributed by atoms with Crippen molar-refractivity contribution in [1.82, 2.24) is 24.1 Å². The van der Waals surface area contributed by atoms with Crippen molar-refractivity contribution in [3.05, 3.63) is 42.7 Å². The number of fused-ring (bicyclic) bond motifs is 1. The number of hydrogen-bond acceptors (Lipinski definition) is 4. The van der Waals surface area contributed by atoms with Crippen molar-refractivity contribution in [2.75, 3.05) is 0 Å². The summed E-state index contributed by atoms with van der Waals surface area (Å²) in [5.41, 5.74) is 1.16. The molecule has 0 spiro atoms. The van der Waals surface area contributed by atoms with Crippen LogP contribution in [0.15, 0.2) is 37.1 Å². The van der Waals surface area contributed by atoms with Gasteiger partial charge in [0.15, 0.2) is 12.1 Å². The van der Waals surface area contributed by atoms with E-state index in [2.05, 4.69) is 15.1 Å². The lowest BCUT2D eigenvalue weighted by atomic mass is 10.4. The van der Waals surface area contributed by atoms with Crippen molar-refractivity contribution < 1.29 is 4.79 Å². The fraction of sp³-hybridized carbons (Fsp3) is 0. The second-order valence-electron chi connectivity index (χ2n) is 3.21. The zero-order valence-electron chi connectivity index (χ0n) is 8.19. The molecule has 6 heteroatoms. The Balaban J connectivity index is 2.37. The summed E-state index contributed by atoms with van der Waals surface area (Å²) >= 11 is 0. The summed E-state index contributed by atoms with van der Waals surface area (Å²) in [7, 11) is 0. The van der Waals surface area contributed by atoms with Crippen LogP contribution >= 0.6 is 0 Å². The Kier molecular flexibility index (Phi) is 1.79. The zero-order chi connectivity index (χ0) is 11.0. The number of imidazole rings is 1. The average molecular weight is 213 g/mol. The molecule has 78 valence electrons. The van der Waals surface area contributed by atoms with E-state index in [1.165, 1.54) is 17.3 Å². The van der Waals surface area contributed by atoms with Crippen LogP contribution in [0, 0.1) is 0 Å². The minimum atomic E-state index is 0.459. The predicted molar refractivity (Wildman–Crippen MR) is 55.5 cm³/mol. The highest BCUT2D eigenvalue weighted by atomic mass is 16.1. The summed E-state index contributed by atoms with van der Waals surface area (Å²) in [6.45, 7) is 0. The quantitative estimate of drug-likeness (QED) is 0.588. The van der Waals surface area contributed by atoms with Crippen LogP contribution in [0.4, 0.5) is 0 Å². The van der Waals surface area contributed by atoms with Crippen LogP contribution in [0.5, 0.6) is 0 Å². The highest BCUT2D eigenvalue weighted by molar-refractivity contribution is 5.79.